The van der Waals surface area contributed by atoms with Crippen LogP contribution in [0.25, 0.3) is 6.08 Å². The zero-order valence-corrected chi connectivity index (χ0v) is 21.6. The average molecular weight is 491 g/mol. The van der Waals surface area contributed by atoms with E-state index in [0.29, 0.717) is 22.9 Å². The number of anilines is 2. The van der Waals surface area contributed by atoms with E-state index in [9.17, 15) is 14.4 Å². The van der Waals surface area contributed by atoms with Crippen LogP contribution in [-0.2, 0) is 9.59 Å². The van der Waals surface area contributed by atoms with Crippen LogP contribution < -0.4 is 20.3 Å². The molecule has 36 heavy (non-hydrogen) atoms. The highest BCUT2D eigenvalue weighted by atomic mass is 16.5. The van der Waals surface area contributed by atoms with Crippen LogP contribution in [0, 0.1) is 0 Å². The molecular weight excluding hydrogens is 456 g/mol. The molecule has 2 aliphatic heterocycles. The number of fused-ring (bicyclic) bond motifs is 1. The first-order chi connectivity index (χ1) is 17.1. The van der Waals surface area contributed by atoms with Gasteiger partial charge in [-0.1, -0.05) is 32.0 Å². The van der Waals surface area contributed by atoms with Crippen molar-refractivity contribution in [2.75, 3.05) is 30.4 Å². The summed E-state index contributed by atoms with van der Waals surface area (Å²) in [6.07, 6.45) is 3.66. The topological polar surface area (TPSA) is 91.0 Å². The van der Waals surface area contributed by atoms with Crippen molar-refractivity contribution in [3.8, 4) is 5.75 Å². The Morgan fingerprint density at radius 3 is 2.61 bits per heavy atom. The number of urea groups is 1. The van der Waals surface area contributed by atoms with E-state index in [0.717, 1.165) is 30.0 Å². The minimum Gasteiger partial charge on any atom is -0.496 e. The molecule has 2 aliphatic rings. The number of para-hydroxylation sites is 1. The predicted molar refractivity (Wildman–Crippen MR) is 141 cm³/mol. The molecule has 1 unspecified atom stereocenters. The van der Waals surface area contributed by atoms with Crippen LogP contribution in [0.1, 0.15) is 57.6 Å². The molecule has 190 valence electrons. The number of methoxy groups -OCH3 is 1. The molecule has 1 atom stereocenters. The van der Waals surface area contributed by atoms with Crippen LogP contribution in [0.15, 0.2) is 48.2 Å². The molecular formula is C28H34N4O4. The fourth-order valence-corrected chi connectivity index (χ4v) is 5.20. The Bertz CT molecular complexity index is 1210. The minimum atomic E-state index is -0.629. The Hall–Kier alpha value is -3.81. The van der Waals surface area contributed by atoms with Crippen LogP contribution in [0.4, 0.5) is 16.2 Å². The van der Waals surface area contributed by atoms with Crippen LogP contribution >= 0.6 is 0 Å². The first kappa shape index (κ1) is 25.3. The van der Waals surface area contributed by atoms with Crippen molar-refractivity contribution in [3.05, 3.63) is 59.3 Å². The smallest absolute Gasteiger partial charge is 0.329 e. The fourth-order valence-electron chi connectivity index (χ4n) is 5.20. The second-order valence-electron chi connectivity index (χ2n) is 10.0. The molecule has 0 aromatic heterocycles. The number of nitrogens with one attached hydrogen (secondary N) is 2. The molecule has 4 amide bonds. The fraction of sp³-hybridized carbons (Fsp3) is 0.393. The van der Waals surface area contributed by atoms with Crippen molar-refractivity contribution >= 4 is 35.3 Å². The van der Waals surface area contributed by atoms with Gasteiger partial charge in [0.05, 0.1) is 7.11 Å². The van der Waals surface area contributed by atoms with Gasteiger partial charge >= 0.3 is 6.03 Å². The van der Waals surface area contributed by atoms with Crippen molar-refractivity contribution in [3.63, 3.8) is 0 Å². The van der Waals surface area contributed by atoms with Crippen LogP contribution in [0.5, 0.6) is 5.75 Å². The summed E-state index contributed by atoms with van der Waals surface area (Å²) >= 11 is 0. The SMILES string of the molecule is CCCN1c2cc(OC)c(/C=C3/NC(=O)N(CC(=O)Nc4ccccc4)C3=O)cc2C(C)CC1(C)C. The molecule has 0 aliphatic carbocycles. The van der Waals surface area contributed by atoms with Crippen molar-refractivity contribution < 1.29 is 19.1 Å². The molecule has 1 fully saturated rings. The third kappa shape index (κ3) is 4.94. The Morgan fingerprint density at radius 2 is 1.94 bits per heavy atom. The van der Waals surface area contributed by atoms with Crippen molar-refractivity contribution in [1.82, 2.24) is 10.2 Å². The maximum atomic E-state index is 13.0. The number of rotatable bonds is 7. The lowest BCUT2D eigenvalue weighted by atomic mass is 9.79. The second-order valence-corrected chi connectivity index (χ2v) is 10.0. The van der Waals surface area contributed by atoms with Crippen LogP contribution in [0.2, 0.25) is 0 Å². The summed E-state index contributed by atoms with van der Waals surface area (Å²) < 4.78 is 5.70. The standard InChI is InChI=1S/C28H34N4O4/c1-6-12-32-23-15-24(36-5)19(13-21(23)18(2)16-28(32,3)4)14-22-26(34)31(27(35)30-22)17-25(33)29-20-10-8-7-9-11-20/h7-11,13-15,18H,6,12,16-17H2,1-5H3,(H,29,33)(H,30,35)/b22-14+. The van der Waals surface area contributed by atoms with E-state index in [2.05, 4.69) is 43.2 Å². The molecule has 2 heterocycles. The summed E-state index contributed by atoms with van der Waals surface area (Å²) in [6, 6.07) is 12.3. The highest BCUT2D eigenvalue weighted by Crippen LogP contribution is 2.46. The van der Waals surface area contributed by atoms with Crippen LogP contribution in [-0.4, -0.2) is 48.5 Å². The first-order valence-electron chi connectivity index (χ1n) is 12.3. The quantitative estimate of drug-likeness (QED) is 0.433. The lowest BCUT2D eigenvalue weighted by molar-refractivity contribution is -0.127. The van der Waals surface area contributed by atoms with Crippen LogP contribution in [0.3, 0.4) is 0 Å². The molecule has 0 saturated carbocycles. The molecule has 2 aromatic rings. The lowest BCUT2D eigenvalue weighted by Crippen LogP contribution is -2.48. The molecule has 4 rings (SSSR count). The summed E-state index contributed by atoms with van der Waals surface area (Å²) in [5.41, 5.74) is 3.76. The Kier molecular flexibility index (Phi) is 7.06. The number of ether oxygens (including phenoxy) is 1. The average Bonchev–Trinajstić information content (AvgIpc) is 3.09. The molecule has 0 spiro atoms. The molecule has 0 bridgehead atoms. The van der Waals surface area contributed by atoms with Crippen molar-refractivity contribution in [1.29, 1.82) is 0 Å². The first-order valence-corrected chi connectivity index (χ1v) is 12.3. The summed E-state index contributed by atoms with van der Waals surface area (Å²) in [6.45, 7) is 9.47. The summed E-state index contributed by atoms with van der Waals surface area (Å²) in [4.78, 5) is 41.3. The van der Waals surface area contributed by atoms with Crippen molar-refractivity contribution in [2.45, 2.75) is 52.0 Å². The number of hydrogen-bond donors (Lipinski definition) is 2. The second kappa shape index (κ2) is 10.0. The lowest BCUT2D eigenvalue weighted by Gasteiger charge is -2.47. The van der Waals surface area contributed by atoms with E-state index in [-0.39, 0.29) is 17.8 Å². The number of hydrogen-bond acceptors (Lipinski definition) is 5. The Labute approximate surface area is 212 Å². The normalized spacial score (nSPS) is 19.8. The van der Waals surface area contributed by atoms with Gasteiger partial charge in [0.2, 0.25) is 5.91 Å². The van der Waals surface area contributed by atoms with E-state index in [1.807, 2.05) is 18.2 Å². The summed E-state index contributed by atoms with van der Waals surface area (Å²) in [7, 11) is 1.60. The van der Waals surface area contributed by atoms with Gasteiger partial charge in [-0.15, -0.1) is 0 Å². The minimum absolute atomic E-state index is 0.0175. The van der Waals surface area contributed by atoms with Gasteiger partial charge < -0.3 is 20.3 Å². The van der Waals surface area contributed by atoms with E-state index < -0.39 is 17.8 Å². The number of nitrogens with zero attached hydrogens (tertiary/aromatic N) is 2. The number of carbonyl (C=O) groups excluding carboxylic acids is 3. The van der Waals surface area contributed by atoms with Gasteiger partial charge in [-0.2, -0.15) is 0 Å². The molecule has 2 aromatic carbocycles. The van der Waals surface area contributed by atoms with Gasteiger partial charge in [-0.3, -0.25) is 9.59 Å². The number of amides is 4. The van der Waals surface area contributed by atoms with Gasteiger partial charge in [-0.25, -0.2) is 9.69 Å². The molecule has 2 N–H and O–H groups in total. The highest BCUT2D eigenvalue weighted by molar-refractivity contribution is 6.16. The van der Waals surface area contributed by atoms with Gasteiger partial charge in [0.1, 0.15) is 18.0 Å². The third-order valence-corrected chi connectivity index (χ3v) is 6.81. The monoisotopic (exact) mass is 490 g/mol. The molecule has 0 radical (unpaired) electrons. The number of imide groups is 1. The maximum Gasteiger partial charge on any atom is 0.329 e. The number of benzene rings is 2. The molecule has 8 nitrogen and oxygen atoms in total. The van der Waals surface area contributed by atoms with Gasteiger partial charge in [-0.05, 0) is 62.4 Å². The van der Waals surface area contributed by atoms with E-state index in [1.54, 1.807) is 37.5 Å². The third-order valence-electron chi connectivity index (χ3n) is 6.81. The maximum absolute atomic E-state index is 13.0. The zero-order valence-electron chi connectivity index (χ0n) is 21.6. The summed E-state index contributed by atoms with van der Waals surface area (Å²) in [5.74, 6) is -0.0673. The van der Waals surface area contributed by atoms with Gasteiger partial charge in [0.15, 0.2) is 0 Å². The zero-order chi connectivity index (χ0) is 26.0. The van der Waals surface area contributed by atoms with E-state index in [4.69, 9.17) is 4.74 Å². The van der Waals surface area contributed by atoms with E-state index >= 15 is 0 Å². The summed E-state index contributed by atoms with van der Waals surface area (Å²) in [5, 5.41) is 5.30. The largest absolute Gasteiger partial charge is 0.496 e. The van der Waals surface area contributed by atoms with Gasteiger partial charge in [0, 0.05) is 35.1 Å². The molecule has 8 heteroatoms. The Morgan fingerprint density at radius 1 is 1.22 bits per heavy atom. The van der Waals surface area contributed by atoms with Gasteiger partial charge in [0.25, 0.3) is 5.91 Å². The van der Waals surface area contributed by atoms with Crippen molar-refractivity contribution in [2.24, 2.45) is 0 Å². The predicted octanol–water partition coefficient (Wildman–Crippen LogP) is 4.73. The number of carbonyl (C=O) groups is 3. The highest BCUT2D eigenvalue weighted by Gasteiger charge is 2.38. The Balaban J connectivity index is 1.60. The van der Waals surface area contributed by atoms with E-state index in [1.165, 1.54) is 5.56 Å². The molecule has 1 saturated heterocycles.